The summed E-state index contributed by atoms with van der Waals surface area (Å²) in [5.41, 5.74) is 0.904. The van der Waals surface area contributed by atoms with Crippen molar-refractivity contribution in [3.63, 3.8) is 0 Å². The van der Waals surface area contributed by atoms with E-state index in [0.717, 1.165) is 25.2 Å². The summed E-state index contributed by atoms with van der Waals surface area (Å²) in [4.78, 5) is 4.60. The number of aromatic hydroxyl groups is 1. The topological polar surface area (TPSA) is 26.7 Å². The molecule has 0 aromatic heterocycles. The normalized spacial score (nSPS) is 21.4. The van der Waals surface area contributed by atoms with Crippen LogP contribution in [0.4, 0.5) is 4.39 Å². The van der Waals surface area contributed by atoms with Crippen molar-refractivity contribution in [2.45, 2.75) is 25.4 Å². The van der Waals surface area contributed by atoms with Gasteiger partial charge in [-0.25, -0.2) is 4.39 Å². The first-order valence-corrected chi connectivity index (χ1v) is 6.42. The molecule has 1 heterocycles. The largest absolute Gasteiger partial charge is 0.505 e. The Morgan fingerprint density at radius 2 is 2.28 bits per heavy atom. The number of phenols is 1. The molecule has 1 fully saturated rings. The van der Waals surface area contributed by atoms with Crippen LogP contribution in [0.1, 0.15) is 18.4 Å². The number of halogens is 1. The number of rotatable bonds is 3. The van der Waals surface area contributed by atoms with Gasteiger partial charge in [-0.2, -0.15) is 0 Å². The molecule has 0 bridgehead atoms. The Morgan fingerprint density at radius 1 is 1.50 bits per heavy atom. The molecule has 0 spiro atoms. The average Bonchev–Trinajstić information content (AvgIpc) is 2.34. The number of piperidine rings is 1. The van der Waals surface area contributed by atoms with E-state index in [1.165, 1.54) is 25.0 Å². The Bertz CT molecular complexity index is 411. The quantitative estimate of drug-likeness (QED) is 0.892. The van der Waals surface area contributed by atoms with E-state index in [1.807, 2.05) is 0 Å². The Kier molecular flexibility index (Phi) is 4.19. The van der Waals surface area contributed by atoms with Crippen molar-refractivity contribution in [2.75, 3.05) is 27.2 Å². The summed E-state index contributed by atoms with van der Waals surface area (Å²) in [7, 11) is 4.22. The summed E-state index contributed by atoms with van der Waals surface area (Å²) in [5.74, 6) is -0.819. The summed E-state index contributed by atoms with van der Waals surface area (Å²) < 4.78 is 13.3. The molecule has 1 N–H and O–H groups in total. The number of likely N-dealkylation sites (N-methyl/N-ethyl adjacent to an activating group) is 2. The minimum absolute atomic E-state index is 0.279. The Morgan fingerprint density at radius 3 is 2.94 bits per heavy atom. The smallest absolute Gasteiger partial charge is 0.165 e. The van der Waals surface area contributed by atoms with Crippen LogP contribution in [0.2, 0.25) is 0 Å². The maximum Gasteiger partial charge on any atom is 0.165 e. The second-order valence-electron chi connectivity index (χ2n) is 5.26. The van der Waals surface area contributed by atoms with Crippen molar-refractivity contribution in [3.05, 3.63) is 29.6 Å². The third-order valence-corrected chi connectivity index (χ3v) is 3.67. The molecule has 0 amide bonds. The fraction of sp³-hybridized carbons (Fsp3) is 0.571. The van der Waals surface area contributed by atoms with Gasteiger partial charge in [0.2, 0.25) is 0 Å². The van der Waals surface area contributed by atoms with Crippen LogP contribution in [0.5, 0.6) is 5.75 Å². The van der Waals surface area contributed by atoms with Gasteiger partial charge < -0.3 is 10.0 Å². The van der Waals surface area contributed by atoms with Crippen LogP contribution in [-0.2, 0) is 6.54 Å². The SMILES string of the molecule is CN1CCCC(N(C)Cc2ccc(O)c(F)c2)C1. The third-order valence-electron chi connectivity index (χ3n) is 3.67. The molecule has 18 heavy (non-hydrogen) atoms. The van der Waals surface area contributed by atoms with Gasteiger partial charge in [-0.3, -0.25) is 4.90 Å². The van der Waals surface area contributed by atoms with Crippen molar-refractivity contribution in [1.82, 2.24) is 9.80 Å². The number of nitrogens with zero attached hydrogens (tertiary/aromatic N) is 2. The Labute approximate surface area is 108 Å². The summed E-state index contributed by atoms with van der Waals surface area (Å²) in [6.45, 7) is 2.95. The monoisotopic (exact) mass is 252 g/mol. The van der Waals surface area contributed by atoms with Gasteiger partial charge in [-0.1, -0.05) is 6.07 Å². The zero-order valence-electron chi connectivity index (χ0n) is 11.1. The van der Waals surface area contributed by atoms with Crippen molar-refractivity contribution in [2.24, 2.45) is 0 Å². The van der Waals surface area contributed by atoms with Gasteiger partial charge >= 0.3 is 0 Å². The summed E-state index contributed by atoms with van der Waals surface area (Å²) in [6, 6.07) is 5.14. The van der Waals surface area contributed by atoms with Crippen LogP contribution >= 0.6 is 0 Å². The molecular weight excluding hydrogens is 231 g/mol. The number of hydrogen-bond acceptors (Lipinski definition) is 3. The van der Waals surface area contributed by atoms with Crippen LogP contribution < -0.4 is 0 Å². The molecule has 1 atom stereocenters. The average molecular weight is 252 g/mol. The van der Waals surface area contributed by atoms with Gasteiger partial charge in [-0.05, 0) is 51.2 Å². The van der Waals surface area contributed by atoms with E-state index in [2.05, 4.69) is 23.9 Å². The number of likely N-dealkylation sites (tertiary alicyclic amines) is 1. The molecular formula is C14H21FN2O. The highest BCUT2D eigenvalue weighted by Gasteiger charge is 2.21. The number of phenolic OH excluding ortho intramolecular Hbond substituents is 1. The summed E-state index contributed by atoms with van der Waals surface area (Å²) in [5, 5.41) is 9.17. The highest BCUT2D eigenvalue weighted by atomic mass is 19.1. The van der Waals surface area contributed by atoms with E-state index in [1.54, 1.807) is 6.07 Å². The maximum atomic E-state index is 13.3. The molecule has 3 nitrogen and oxygen atoms in total. The molecule has 1 aliphatic rings. The summed E-state index contributed by atoms with van der Waals surface area (Å²) >= 11 is 0. The third kappa shape index (κ3) is 3.21. The first-order valence-electron chi connectivity index (χ1n) is 6.42. The predicted molar refractivity (Wildman–Crippen MR) is 70.1 cm³/mol. The van der Waals surface area contributed by atoms with Gasteiger partial charge in [0, 0.05) is 19.1 Å². The lowest BCUT2D eigenvalue weighted by atomic mass is 10.0. The highest BCUT2D eigenvalue weighted by Crippen LogP contribution is 2.19. The molecule has 0 aliphatic carbocycles. The first-order chi connectivity index (χ1) is 8.56. The summed E-state index contributed by atoms with van der Waals surface area (Å²) in [6.07, 6.45) is 2.41. The minimum atomic E-state index is -0.540. The molecule has 0 radical (unpaired) electrons. The second-order valence-corrected chi connectivity index (χ2v) is 5.26. The first kappa shape index (κ1) is 13.3. The maximum absolute atomic E-state index is 13.3. The van der Waals surface area contributed by atoms with Crippen LogP contribution in [-0.4, -0.2) is 48.1 Å². The van der Waals surface area contributed by atoms with Crippen molar-refractivity contribution >= 4 is 0 Å². The lowest BCUT2D eigenvalue weighted by Gasteiger charge is -2.35. The fourth-order valence-electron chi connectivity index (χ4n) is 2.56. The van der Waals surface area contributed by atoms with E-state index in [-0.39, 0.29) is 5.75 Å². The van der Waals surface area contributed by atoms with Gasteiger partial charge in [-0.15, -0.1) is 0 Å². The van der Waals surface area contributed by atoms with E-state index in [0.29, 0.717) is 6.04 Å². The minimum Gasteiger partial charge on any atom is -0.505 e. The van der Waals surface area contributed by atoms with Gasteiger partial charge in [0.05, 0.1) is 0 Å². The molecule has 1 unspecified atom stereocenters. The van der Waals surface area contributed by atoms with Crippen LogP contribution in [0.25, 0.3) is 0 Å². The number of hydrogen-bond donors (Lipinski definition) is 1. The lowest BCUT2D eigenvalue weighted by Crippen LogP contribution is -2.44. The zero-order valence-corrected chi connectivity index (χ0v) is 11.1. The standard InChI is InChI=1S/C14H21FN2O/c1-16-7-3-4-12(10-16)17(2)9-11-5-6-14(18)13(15)8-11/h5-6,8,12,18H,3-4,7,9-10H2,1-2H3. The Balaban J connectivity index is 1.97. The van der Waals surface area contributed by atoms with Crippen molar-refractivity contribution in [3.8, 4) is 5.75 Å². The molecule has 1 saturated heterocycles. The van der Waals surface area contributed by atoms with Crippen LogP contribution in [0.15, 0.2) is 18.2 Å². The van der Waals surface area contributed by atoms with E-state index >= 15 is 0 Å². The molecule has 100 valence electrons. The van der Waals surface area contributed by atoms with Gasteiger partial charge in [0.25, 0.3) is 0 Å². The van der Waals surface area contributed by atoms with E-state index in [9.17, 15) is 4.39 Å². The van der Waals surface area contributed by atoms with Crippen molar-refractivity contribution in [1.29, 1.82) is 0 Å². The predicted octanol–water partition coefficient (Wildman–Crippen LogP) is 2.06. The van der Waals surface area contributed by atoms with E-state index < -0.39 is 5.82 Å². The molecule has 4 heteroatoms. The molecule has 1 aromatic rings. The van der Waals surface area contributed by atoms with Crippen molar-refractivity contribution < 1.29 is 9.50 Å². The highest BCUT2D eigenvalue weighted by molar-refractivity contribution is 5.27. The fourth-order valence-corrected chi connectivity index (χ4v) is 2.56. The zero-order chi connectivity index (χ0) is 13.1. The van der Waals surface area contributed by atoms with Crippen LogP contribution in [0.3, 0.4) is 0 Å². The lowest BCUT2D eigenvalue weighted by molar-refractivity contribution is 0.129. The van der Waals surface area contributed by atoms with Gasteiger partial charge in [0.1, 0.15) is 0 Å². The Hall–Kier alpha value is -1.13. The van der Waals surface area contributed by atoms with Crippen LogP contribution in [0, 0.1) is 5.82 Å². The number of benzene rings is 1. The molecule has 2 rings (SSSR count). The molecule has 0 saturated carbocycles. The molecule has 1 aliphatic heterocycles. The van der Waals surface area contributed by atoms with Gasteiger partial charge in [0.15, 0.2) is 11.6 Å². The van der Waals surface area contributed by atoms with E-state index in [4.69, 9.17) is 5.11 Å². The second kappa shape index (κ2) is 5.67. The molecule has 1 aromatic carbocycles.